The highest BCUT2D eigenvalue weighted by Crippen LogP contribution is 2.31. The summed E-state index contributed by atoms with van der Waals surface area (Å²) in [7, 11) is 0. The second-order valence-corrected chi connectivity index (χ2v) is 6.48. The van der Waals surface area contributed by atoms with Gasteiger partial charge in [0.05, 0.1) is 0 Å². The van der Waals surface area contributed by atoms with Crippen LogP contribution in [-0.2, 0) is 0 Å². The van der Waals surface area contributed by atoms with Gasteiger partial charge in [0.15, 0.2) is 0 Å². The molecule has 12 heavy (non-hydrogen) atoms. The molecular weight excluding hydrogens is 166 g/mol. The van der Waals surface area contributed by atoms with Gasteiger partial charge in [-0.3, -0.25) is 4.72 Å². The lowest BCUT2D eigenvalue weighted by Crippen LogP contribution is -2.35. The molecular formula is C10H21NS. The summed E-state index contributed by atoms with van der Waals surface area (Å²) < 4.78 is 3.89. The van der Waals surface area contributed by atoms with Crippen molar-refractivity contribution in [3.63, 3.8) is 0 Å². The summed E-state index contributed by atoms with van der Waals surface area (Å²) in [5.74, 6) is 0.944. The van der Waals surface area contributed by atoms with Gasteiger partial charge in [0.25, 0.3) is 0 Å². The molecule has 0 saturated heterocycles. The maximum absolute atomic E-state index is 3.54. The van der Waals surface area contributed by atoms with E-state index in [-0.39, 0.29) is 0 Å². The van der Waals surface area contributed by atoms with Crippen LogP contribution in [0, 0.1) is 5.92 Å². The van der Waals surface area contributed by atoms with Gasteiger partial charge in [-0.1, -0.05) is 18.4 Å². The second-order valence-electron chi connectivity index (χ2n) is 4.81. The zero-order valence-electron chi connectivity index (χ0n) is 8.68. The van der Waals surface area contributed by atoms with E-state index in [0.717, 1.165) is 5.92 Å². The summed E-state index contributed by atoms with van der Waals surface area (Å²) in [6.07, 6.45) is 4.30. The molecule has 0 spiro atoms. The molecule has 2 heteroatoms. The largest absolute Gasteiger partial charge is 0.261 e. The van der Waals surface area contributed by atoms with E-state index in [1.165, 1.54) is 19.3 Å². The van der Waals surface area contributed by atoms with Gasteiger partial charge in [-0.15, -0.1) is 0 Å². The average Bonchev–Trinajstić information content (AvgIpc) is 1.78. The minimum absolute atomic E-state index is 0.345. The third-order valence-electron chi connectivity index (χ3n) is 2.41. The quantitative estimate of drug-likeness (QED) is 0.681. The first-order valence-corrected chi connectivity index (χ1v) is 5.74. The van der Waals surface area contributed by atoms with Gasteiger partial charge in [0, 0.05) is 10.8 Å². The van der Waals surface area contributed by atoms with Crippen LogP contribution in [0.4, 0.5) is 0 Å². The smallest absolute Gasteiger partial charge is 0.0220 e. The SMILES string of the molecule is C[C@H](NSC(C)(C)C)C1CCC1. The van der Waals surface area contributed by atoms with E-state index < -0.39 is 0 Å². The number of hydrogen-bond acceptors (Lipinski definition) is 2. The molecule has 0 heterocycles. The Bertz CT molecular complexity index is 135. The van der Waals surface area contributed by atoms with Crippen molar-refractivity contribution in [3.8, 4) is 0 Å². The number of hydrogen-bond donors (Lipinski definition) is 1. The van der Waals surface area contributed by atoms with E-state index >= 15 is 0 Å². The molecule has 1 atom stereocenters. The zero-order valence-corrected chi connectivity index (χ0v) is 9.50. The third kappa shape index (κ3) is 3.36. The highest BCUT2D eigenvalue weighted by molar-refractivity contribution is 7.98. The summed E-state index contributed by atoms with van der Waals surface area (Å²) in [6, 6.07) is 0.697. The Hall–Kier alpha value is 0.310. The van der Waals surface area contributed by atoms with E-state index in [2.05, 4.69) is 32.4 Å². The second kappa shape index (κ2) is 4.01. The van der Waals surface area contributed by atoms with E-state index in [0.29, 0.717) is 10.8 Å². The van der Waals surface area contributed by atoms with Crippen molar-refractivity contribution in [2.45, 2.75) is 57.7 Å². The zero-order chi connectivity index (χ0) is 9.19. The van der Waals surface area contributed by atoms with Crippen molar-refractivity contribution >= 4 is 11.9 Å². The molecule has 72 valence electrons. The van der Waals surface area contributed by atoms with Gasteiger partial charge in [-0.2, -0.15) is 0 Å². The maximum atomic E-state index is 3.54. The van der Waals surface area contributed by atoms with Crippen LogP contribution in [0.3, 0.4) is 0 Å². The number of nitrogens with one attached hydrogen (secondary N) is 1. The topological polar surface area (TPSA) is 12.0 Å². The van der Waals surface area contributed by atoms with Gasteiger partial charge < -0.3 is 0 Å². The predicted octanol–water partition coefficient (Wildman–Crippen LogP) is 3.21. The molecule has 0 unspecified atom stereocenters. The summed E-state index contributed by atoms with van der Waals surface area (Å²) >= 11 is 1.87. The van der Waals surface area contributed by atoms with Crippen molar-refractivity contribution in [1.82, 2.24) is 4.72 Å². The van der Waals surface area contributed by atoms with Gasteiger partial charge in [0.1, 0.15) is 0 Å². The first-order valence-electron chi connectivity index (χ1n) is 4.92. The lowest BCUT2D eigenvalue weighted by molar-refractivity contribution is 0.263. The molecule has 1 N–H and O–H groups in total. The molecule has 0 aromatic rings. The van der Waals surface area contributed by atoms with Crippen molar-refractivity contribution < 1.29 is 0 Å². The fourth-order valence-electron chi connectivity index (χ4n) is 1.31. The lowest BCUT2D eigenvalue weighted by atomic mass is 9.81. The van der Waals surface area contributed by atoms with Crippen LogP contribution in [0.1, 0.15) is 47.0 Å². The minimum atomic E-state index is 0.345. The maximum Gasteiger partial charge on any atom is 0.0220 e. The first kappa shape index (κ1) is 10.4. The van der Waals surface area contributed by atoms with Crippen LogP contribution in [-0.4, -0.2) is 10.8 Å². The predicted molar refractivity (Wildman–Crippen MR) is 57.3 cm³/mol. The van der Waals surface area contributed by atoms with Crippen molar-refractivity contribution in [2.24, 2.45) is 5.92 Å². The van der Waals surface area contributed by atoms with Crippen molar-refractivity contribution in [3.05, 3.63) is 0 Å². The van der Waals surface area contributed by atoms with E-state index in [9.17, 15) is 0 Å². The molecule has 1 fully saturated rings. The van der Waals surface area contributed by atoms with E-state index in [1.54, 1.807) is 0 Å². The Kier molecular flexibility index (Phi) is 3.47. The molecule has 1 aliphatic rings. The Morgan fingerprint density at radius 3 is 2.25 bits per heavy atom. The Labute approximate surface area is 80.8 Å². The molecule has 1 rings (SSSR count). The molecule has 0 aromatic carbocycles. The fraction of sp³-hybridized carbons (Fsp3) is 1.00. The summed E-state index contributed by atoms with van der Waals surface area (Å²) in [6.45, 7) is 9.05. The monoisotopic (exact) mass is 187 g/mol. The van der Waals surface area contributed by atoms with Crippen LogP contribution in [0.5, 0.6) is 0 Å². The Morgan fingerprint density at radius 2 is 1.92 bits per heavy atom. The third-order valence-corrected chi connectivity index (χ3v) is 3.51. The van der Waals surface area contributed by atoms with Gasteiger partial charge in [-0.05, 0) is 46.5 Å². The lowest BCUT2D eigenvalue weighted by Gasteiger charge is -2.33. The van der Waals surface area contributed by atoms with Crippen LogP contribution in [0.2, 0.25) is 0 Å². The summed E-state index contributed by atoms with van der Waals surface area (Å²) in [5.41, 5.74) is 0. The van der Waals surface area contributed by atoms with Crippen LogP contribution in [0.25, 0.3) is 0 Å². The average molecular weight is 187 g/mol. The van der Waals surface area contributed by atoms with Crippen LogP contribution in [0.15, 0.2) is 0 Å². The van der Waals surface area contributed by atoms with Gasteiger partial charge in [-0.25, -0.2) is 0 Å². The van der Waals surface area contributed by atoms with Crippen molar-refractivity contribution in [1.29, 1.82) is 0 Å². The highest BCUT2D eigenvalue weighted by Gasteiger charge is 2.24. The first-order chi connectivity index (χ1) is 5.49. The standard InChI is InChI=1S/C10H21NS/c1-8(9-6-5-7-9)11-12-10(2,3)4/h8-9,11H,5-7H2,1-4H3/t8-/m0/s1. The molecule has 0 amide bonds. The molecule has 1 nitrogen and oxygen atoms in total. The van der Waals surface area contributed by atoms with Crippen LogP contribution < -0.4 is 4.72 Å². The van der Waals surface area contributed by atoms with Gasteiger partial charge in [0.2, 0.25) is 0 Å². The normalized spacial score (nSPS) is 22.0. The summed E-state index contributed by atoms with van der Waals surface area (Å²) in [4.78, 5) is 0. The Balaban J connectivity index is 2.13. The molecule has 1 aliphatic carbocycles. The Morgan fingerprint density at radius 1 is 1.33 bits per heavy atom. The van der Waals surface area contributed by atoms with E-state index in [1.807, 2.05) is 11.9 Å². The molecule has 0 radical (unpaired) electrons. The molecule has 0 bridgehead atoms. The van der Waals surface area contributed by atoms with Gasteiger partial charge >= 0.3 is 0 Å². The molecule has 1 saturated carbocycles. The highest BCUT2D eigenvalue weighted by atomic mass is 32.2. The fourth-order valence-corrected chi connectivity index (χ4v) is 2.04. The molecule has 0 aliphatic heterocycles. The van der Waals surface area contributed by atoms with Crippen LogP contribution >= 0.6 is 11.9 Å². The molecule has 0 aromatic heterocycles. The summed E-state index contributed by atoms with van der Waals surface area (Å²) in [5, 5.41) is 0. The minimum Gasteiger partial charge on any atom is -0.261 e. The number of rotatable bonds is 3. The van der Waals surface area contributed by atoms with E-state index in [4.69, 9.17) is 0 Å². The van der Waals surface area contributed by atoms with Crippen molar-refractivity contribution in [2.75, 3.05) is 0 Å².